The van der Waals surface area contributed by atoms with Crippen LogP contribution in [0.3, 0.4) is 0 Å². The van der Waals surface area contributed by atoms with Gasteiger partial charge in [0, 0.05) is 10.5 Å². The van der Waals surface area contributed by atoms with Crippen LogP contribution in [-0.4, -0.2) is 20.7 Å². The second-order valence-electron chi connectivity index (χ2n) is 4.69. The fourth-order valence-corrected chi connectivity index (χ4v) is 2.89. The van der Waals surface area contributed by atoms with Crippen molar-refractivity contribution >= 4 is 10.8 Å². The lowest BCUT2D eigenvalue weighted by molar-refractivity contribution is 0.147. The Morgan fingerprint density at radius 1 is 1.05 bits per heavy atom. The molecule has 0 amide bonds. The molecule has 0 bridgehead atoms. The topological polar surface area (TPSA) is 37.3 Å². The van der Waals surface area contributed by atoms with Crippen molar-refractivity contribution in [3.8, 4) is 11.8 Å². The molecule has 2 unspecified atom stereocenters. The standard InChI is InChI=1S/C17H16O2S/c1-17(18,13-12-15-8-4-2-5-9-15)14-20(19)16-10-6-3-7-11-16/h2-11,18H,14H2,1H3. The van der Waals surface area contributed by atoms with Crippen LogP contribution >= 0.6 is 0 Å². The van der Waals surface area contributed by atoms with E-state index < -0.39 is 16.4 Å². The third kappa shape index (κ3) is 4.34. The molecule has 3 heteroatoms. The highest BCUT2D eigenvalue weighted by Crippen LogP contribution is 2.12. The Balaban J connectivity index is 2.08. The van der Waals surface area contributed by atoms with Gasteiger partial charge in [0.2, 0.25) is 0 Å². The number of benzene rings is 2. The van der Waals surface area contributed by atoms with Gasteiger partial charge < -0.3 is 5.11 Å². The molecule has 2 aromatic rings. The van der Waals surface area contributed by atoms with Crippen LogP contribution in [-0.2, 0) is 10.8 Å². The first-order chi connectivity index (χ1) is 9.57. The first-order valence-corrected chi connectivity index (χ1v) is 7.63. The summed E-state index contributed by atoms with van der Waals surface area (Å²) in [5.74, 6) is 5.79. The van der Waals surface area contributed by atoms with Crippen molar-refractivity contribution in [2.75, 3.05) is 5.75 Å². The van der Waals surface area contributed by atoms with E-state index in [1.807, 2.05) is 48.5 Å². The lowest BCUT2D eigenvalue weighted by atomic mass is 10.1. The molecule has 2 nitrogen and oxygen atoms in total. The zero-order chi connectivity index (χ0) is 14.4. The minimum absolute atomic E-state index is 0.0941. The first-order valence-electron chi connectivity index (χ1n) is 6.31. The predicted octanol–water partition coefficient (Wildman–Crippen LogP) is 2.60. The Morgan fingerprint density at radius 3 is 2.20 bits per heavy atom. The molecule has 20 heavy (non-hydrogen) atoms. The Bertz CT molecular complexity index is 637. The minimum atomic E-state index is -1.28. The molecule has 0 aliphatic carbocycles. The lowest BCUT2D eigenvalue weighted by Crippen LogP contribution is -2.29. The van der Waals surface area contributed by atoms with Gasteiger partial charge >= 0.3 is 0 Å². The molecule has 2 atom stereocenters. The van der Waals surface area contributed by atoms with E-state index in [9.17, 15) is 9.32 Å². The number of aliphatic hydroxyl groups is 1. The van der Waals surface area contributed by atoms with Crippen LogP contribution in [0.15, 0.2) is 65.6 Å². The molecular weight excluding hydrogens is 268 g/mol. The number of rotatable bonds is 3. The third-order valence-electron chi connectivity index (χ3n) is 2.67. The van der Waals surface area contributed by atoms with E-state index in [0.717, 1.165) is 5.56 Å². The summed E-state index contributed by atoms with van der Waals surface area (Å²) in [6.07, 6.45) is 0. The van der Waals surface area contributed by atoms with E-state index in [2.05, 4.69) is 11.8 Å². The summed E-state index contributed by atoms with van der Waals surface area (Å²) in [6, 6.07) is 18.5. The summed E-state index contributed by atoms with van der Waals surface area (Å²) in [6.45, 7) is 1.59. The summed E-state index contributed by atoms with van der Waals surface area (Å²) in [5.41, 5.74) is -0.449. The van der Waals surface area contributed by atoms with Gasteiger partial charge in [-0.2, -0.15) is 0 Å². The van der Waals surface area contributed by atoms with Gasteiger partial charge in [-0.05, 0) is 31.2 Å². The molecule has 0 fully saturated rings. The fraction of sp³-hybridized carbons (Fsp3) is 0.176. The van der Waals surface area contributed by atoms with Gasteiger partial charge in [-0.15, -0.1) is 0 Å². The largest absolute Gasteiger partial charge is 0.377 e. The summed E-state index contributed by atoms with van der Waals surface area (Å²) >= 11 is 0. The van der Waals surface area contributed by atoms with E-state index in [-0.39, 0.29) is 5.75 Å². The average molecular weight is 284 g/mol. The van der Waals surface area contributed by atoms with Gasteiger partial charge in [0.15, 0.2) is 0 Å². The Kier molecular flexibility index (Phi) is 4.73. The maximum atomic E-state index is 12.2. The van der Waals surface area contributed by atoms with Gasteiger partial charge in [0.25, 0.3) is 0 Å². The van der Waals surface area contributed by atoms with E-state index in [4.69, 9.17) is 0 Å². The van der Waals surface area contributed by atoms with E-state index in [1.54, 1.807) is 19.1 Å². The predicted molar refractivity (Wildman–Crippen MR) is 81.7 cm³/mol. The number of hydrogen-bond acceptors (Lipinski definition) is 2. The summed E-state index contributed by atoms with van der Waals surface area (Å²) in [7, 11) is -1.26. The van der Waals surface area contributed by atoms with Crippen LogP contribution in [0.4, 0.5) is 0 Å². The lowest BCUT2D eigenvalue weighted by Gasteiger charge is -2.15. The molecule has 0 saturated carbocycles. The second kappa shape index (κ2) is 6.51. The van der Waals surface area contributed by atoms with Crippen molar-refractivity contribution in [1.29, 1.82) is 0 Å². The number of hydrogen-bond donors (Lipinski definition) is 1. The minimum Gasteiger partial charge on any atom is -0.377 e. The molecule has 0 saturated heterocycles. The average Bonchev–Trinajstić information content (AvgIpc) is 2.47. The molecule has 102 valence electrons. The van der Waals surface area contributed by atoms with Crippen molar-refractivity contribution < 1.29 is 9.32 Å². The van der Waals surface area contributed by atoms with E-state index in [1.165, 1.54) is 0 Å². The van der Waals surface area contributed by atoms with E-state index >= 15 is 0 Å². The van der Waals surface area contributed by atoms with Gasteiger partial charge in [-0.1, -0.05) is 48.2 Å². The van der Waals surface area contributed by atoms with Crippen molar-refractivity contribution in [1.82, 2.24) is 0 Å². The van der Waals surface area contributed by atoms with Crippen LogP contribution in [0.25, 0.3) is 0 Å². The highest BCUT2D eigenvalue weighted by Gasteiger charge is 2.21. The van der Waals surface area contributed by atoms with Gasteiger partial charge in [-0.25, -0.2) is 0 Å². The Hall–Kier alpha value is -1.89. The first kappa shape index (κ1) is 14.5. The zero-order valence-electron chi connectivity index (χ0n) is 11.2. The zero-order valence-corrected chi connectivity index (χ0v) is 12.1. The molecule has 0 spiro atoms. The molecular formula is C17H16O2S. The van der Waals surface area contributed by atoms with Gasteiger partial charge in [-0.3, -0.25) is 4.21 Å². The van der Waals surface area contributed by atoms with Crippen molar-refractivity contribution in [2.45, 2.75) is 17.4 Å². The normalized spacial score (nSPS) is 14.7. The smallest absolute Gasteiger partial charge is 0.134 e. The summed E-state index contributed by atoms with van der Waals surface area (Å²) in [5, 5.41) is 10.2. The van der Waals surface area contributed by atoms with Crippen molar-refractivity contribution in [3.05, 3.63) is 66.2 Å². The molecule has 0 radical (unpaired) electrons. The summed E-state index contributed by atoms with van der Waals surface area (Å²) in [4.78, 5) is 0.703. The van der Waals surface area contributed by atoms with Crippen LogP contribution in [0, 0.1) is 11.8 Å². The third-order valence-corrected chi connectivity index (χ3v) is 4.29. The summed E-state index contributed by atoms with van der Waals surface area (Å²) < 4.78 is 12.2. The van der Waals surface area contributed by atoms with Crippen molar-refractivity contribution in [2.24, 2.45) is 0 Å². The molecule has 0 aromatic heterocycles. The van der Waals surface area contributed by atoms with Crippen LogP contribution in [0.5, 0.6) is 0 Å². The highest BCUT2D eigenvalue weighted by molar-refractivity contribution is 7.85. The monoisotopic (exact) mass is 284 g/mol. The SMILES string of the molecule is CC(O)(C#Cc1ccccc1)CS(=O)c1ccccc1. The quantitative estimate of drug-likeness (QED) is 0.880. The molecule has 0 aliphatic heterocycles. The Labute approximate surface area is 121 Å². The van der Waals surface area contributed by atoms with Crippen LogP contribution < -0.4 is 0 Å². The van der Waals surface area contributed by atoms with E-state index in [0.29, 0.717) is 4.90 Å². The van der Waals surface area contributed by atoms with Crippen LogP contribution in [0.2, 0.25) is 0 Å². The van der Waals surface area contributed by atoms with Crippen LogP contribution in [0.1, 0.15) is 12.5 Å². The maximum absolute atomic E-state index is 12.2. The molecule has 0 aliphatic rings. The van der Waals surface area contributed by atoms with Gasteiger partial charge in [0.1, 0.15) is 5.60 Å². The Morgan fingerprint density at radius 2 is 1.60 bits per heavy atom. The van der Waals surface area contributed by atoms with Crippen molar-refractivity contribution in [3.63, 3.8) is 0 Å². The molecule has 2 aromatic carbocycles. The molecule has 2 rings (SSSR count). The molecule has 0 heterocycles. The molecule has 1 N–H and O–H groups in total. The second-order valence-corrected chi connectivity index (χ2v) is 6.14. The fourth-order valence-electron chi connectivity index (χ4n) is 1.68. The highest BCUT2D eigenvalue weighted by atomic mass is 32.2. The maximum Gasteiger partial charge on any atom is 0.134 e. The van der Waals surface area contributed by atoms with Gasteiger partial charge in [0.05, 0.1) is 16.6 Å².